The number of carboxylic acid groups (broad SMARTS) is 1. The summed E-state index contributed by atoms with van der Waals surface area (Å²) in [6, 6.07) is 5.16. The Balaban J connectivity index is 2.36. The molecule has 4 heteroatoms. The third-order valence-electron chi connectivity index (χ3n) is 3.82. The normalized spacial score (nSPS) is 26.7. The van der Waals surface area contributed by atoms with Crippen molar-refractivity contribution in [2.45, 2.75) is 38.0 Å². The predicted molar refractivity (Wildman–Crippen MR) is 73.4 cm³/mol. The SMILES string of the molecule is CCCC1CC(C(=O)O)(c2c(Cl)cccc2Cl)C1. The molecule has 0 saturated heterocycles. The van der Waals surface area contributed by atoms with Gasteiger partial charge in [-0.3, -0.25) is 4.79 Å². The number of aliphatic carboxylic acids is 1. The molecule has 0 amide bonds. The van der Waals surface area contributed by atoms with Crippen LogP contribution in [0.3, 0.4) is 0 Å². The molecule has 0 aliphatic heterocycles. The summed E-state index contributed by atoms with van der Waals surface area (Å²) >= 11 is 12.3. The molecule has 1 aliphatic rings. The molecule has 0 radical (unpaired) electrons. The van der Waals surface area contributed by atoms with E-state index in [0.717, 1.165) is 12.8 Å². The zero-order chi connectivity index (χ0) is 13.3. The Hall–Kier alpha value is -0.730. The number of rotatable bonds is 4. The van der Waals surface area contributed by atoms with Gasteiger partial charge in [0.2, 0.25) is 0 Å². The van der Waals surface area contributed by atoms with Crippen molar-refractivity contribution in [1.29, 1.82) is 0 Å². The molecule has 1 fully saturated rings. The van der Waals surface area contributed by atoms with Crippen LogP contribution in [-0.4, -0.2) is 11.1 Å². The predicted octanol–water partition coefficient (Wildman–Crippen LogP) is 4.53. The van der Waals surface area contributed by atoms with Crippen molar-refractivity contribution < 1.29 is 9.90 Å². The Bertz CT molecular complexity index is 445. The maximum absolute atomic E-state index is 11.6. The Morgan fingerprint density at radius 2 is 1.94 bits per heavy atom. The Kier molecular flexibility index (Phi) is 3.88. The molecule has 0 atom stereocenters. The second kappa shape index (κ2) is 5.10. The molecule has 0 heterocycles. The van der Waals surface area contributed by atoms with Gasteiger partial charge in [-0.25, -0.2) is 0 Å². The minimum atomic E-state index is -0.880. The van der Waals surface area contributed by atoms with Gasteiger partial charge in [0.05, 0.1) is 5.41 Å². The molecule has 1 aromatic carbocycles. The van der Waals surface area contributed by atoms with Gasteiger partial charge in [-0.1, -0.05) is 49.0 Å². The van der Waals surface area contributed by atoms with Crippen LogP contribution in [0.4, 0.5) is 0 Å². The van der Waals surface area contributed by atoms with Gasteiger partial charge in [-0.15, -0.1) is 0 Å². The average Bonchev–Trinajstić information content (AvgIpc) is 2.24. The van der Waals surface area contributed by atoms with Crippen LogP contribution < -0.4 is 0 Å². The van der Waals surface area contributed by atoms with Gasteiger partial charge in [0.25, 0.3) is 0 Å². The second-order valence-electron chi connectivity index (χ2n) is 5.05. The molecule has 18 heavy (non-hydrogen) atoms. The van der Waals surface area contributed by atoms with E-state index in [9.17, 15) is 9.90 Å². The Labute approximate surface area is 117 Å². The summed E-state index contributed by atoms with van der Waals surface area (Å²) in [6.07, 6.45) is 3.42. The van der Waals surface area contributed by atoms with E-state index in [0.29, 0.717) is 34.4 Å². The van der Waals surface area contributed by atoms with Crippen LogP contribution in [0, 0.1) is 5.92 Å². The number of hydrogen-bond acceptors (Lipinski definition) is 1. The van der Waals surface area contributed by atoms with Gasteiger partial charge >= 0.3 is 5.97 Å². The molecule has 1 aliphatic carbocycles. The van der Waals surface area contributed by atoms with Gasteiger partial charge in [-0.05, 0) is 30.9 Å². The maximum Gasteiger partial charge on any atom is 0.314 e. The number of carboxylic acids is 1. The van der Waals surface area contributed by atoms with E-state index in [2.05, 4.69) is 6.92 Å². The average molecular weight is 287 g/mol. The van der Waals surface area contributed by atoms with Gasteiger partial charge in [0.15, 0.2) is 0 Å². The van der Waals surface area contributed by atoms with Crippen LogP contribution in [0.15, 0.2) is 18.2 Å². The van der Waals surface area contributed by atoms with E-state index in [4.69, 9.17) is 23.2 Å². The van der Waals surface area contributed by atoms with Gasteiger partial charge in [0, 0.05) is 15.6 Å². The van der Waals surface area contributed by atoms with E-state index in [-0.39, 0.29) is 0 Å². The van der Waals surface area contributed by atoms with Crippen LogP contribution in [0.5, 0.6) is 0 Å². The summed E-state index contributed by atoms with van der Waals surface area (Å²) in [6.45, 7) is 2.11. The van der Waals surface area contributed by atoms with Crippen LogP contribution in [0.25, 0.3) is 0 Å². The summed E-state index contributed by atoms with van der Waals surface area (Å²) < 4.78 is 0. The lowest BCUT2D eigenvalue weighted by atomic mass is 9.57. The van der Waals surface area contributed by atoms with E-state index >= 15 is 0 Å². The lowest BCUT2D eigenvalue weighted by molar-refractivity contribution is -0.150. The highest BCUT2D eigenvalue weighted by Gasteiger charge is 2.53. The minimum Gasteiger partial charge on any atom is -0.481 e. The van der Waals surface area contributed by atoms with Crippen molar-refractivity contribution in [3.8, 4) is 0 Å². The first-order valence-electron chi connectivity index (χ1n) is 6.19. The maximum atomic E-state index is 11.6. The lowest BCUT2D eigenvalue weighted by Crippen LogP contribution is -2.48. The zero-order valence-corrected chi connectivity index (χ0v) is 11.8. The van der Waals surface area contributed by atoms with Crippen LogP contribution in [-0.2, 0) is 10.2 Å². The van der Waals surface area contributed by atoms with Gasteiger partial charge in [-0.2, -0.15) is 0 Å². The molecular weight excluding hydrogens is 271 g/mol. The molecule has 0 spiro atoms. The third kappa shape index (κ3) is 2.12. The quantitative estimate of drug-likeness (QED) is 0.883. The summed E-state index contributed by atoms with van der Waals surface area (Å²) in [4.78, 5) is 11.6. The van der Waals surface area contributed by atoms with Crippen LogP contribution in [0.1, 0.15) is 38.2 Å². The number of carbonyl (C=O) groups is 1. The first-order chi connectivity index (χ1) is 8.51. The fourth-order valence-corrected chi connectivity index (χ4v) is 3.74. The van der Waals surface area contributed by atoms with Gasteiger partial charge < -0.3 is 5.11 Å². The monoisotopic (exact) mass is 286 g/mol. The summed E-state index contributed by atoms with van der Waals surface area (Å²) in [5, 5.41) is 10.5. The van der Waals surface area contributed by atoms with Crippen LogP contribution in [0.2, 0.25) is 10.0 Å². The van der Waals surface area contributed by atoms with E-state index in [1.165, 1.54) is 0 Å². The van der Waals surface area contributed by atoms with Gasteiger partial charge in [0.1, 0.15) is 0 Å². The van der Waals surface area contributed by atoms with Crippen molar-refractivity contribution in [3.63, 3.8) is 0 Å². The molecule has 1 aromatic rings. The van der Waals surface area contributed by atoms with Crippen molar-refractivity contribution in [2.24, 2.45) is 5.92 Å². The molecule has 2 nitrogen and oxygen atoms in total. The molecule has 98 valence electrons. The molecule has 2 rings (SSSR count). The standard InChI is InChI=1S/C14H16Cl2O2/c1-2-4-9-7-14(8-9,13(17)18)12-10(15)5-3-6-11(12)16/h3,5-6,9H,2,4,7-8H2,1H3,(H,17,18). The topological polar surface area (TPSA) is 37.3 Å². The molecule has 0 aromatic heterocycles. The molecule has 0 bridgehead atoms. The number of hydrogen-bond donors (Lipinski definition) is 1. The fraction of sp³-hybridized carbons (Fsp3) is 0.500. The number of halogens is 2. The fourth-order valence-electron chi connectivity index (χ4n) is 2.98. The first-order valence-corrected chi connectivity index (χ1v) is 6.94. The minimum absolute atomic E-state index is 0.458. The zero-order valence-electron chi connectivity index (χ0n) is 10.2. The lowest BCUT2D eigenvalue weighted by Gasteiger charge is -2.45. The van der Waals surface area contributed by atoms with Crippen molar-refractivity contribution >= 4 is 29.2 Å². The number of benzene rings is 1. The largest absolute Gasteiger partial charge is 0.481 e. The van der Waals surface area contributed by atoms with E-state index in [1.807, 2.05) is 0 Å². The molecule has 1 N–H and O–H groups in total. The first kappa shape index (κ1) is 13.7. The molecular formula is C14H16Cl2O2. The summed E-state index contributed by atoms with van der Waals surface area (Å²) in [5.41, 5.74) is -0.289. The third-order valence-corrected chi connectivity index (χ3v) is 4.45. The van der Waals surface area contributed by atoms with Crippen LogP contribution >= 0.6 is 23.2 Å². The smallest absolute Gasteiger partial charge is 0.314 e. The molecule has 1 saturated carbocycles. The van der Waals surface area contributed by atoms with E-state index in [1.54, 1.807) is 18.2 Å². The van der Waals surface area contributed by atoms with E-state index < -0.39 is 11.4 Å². The van der Waals surface area contributed by atoms with Crippen molar-refractivity contribution in [1.82, 2.24) is 0 Å². The second-order valence-corrected chi connectivity index (χ2v) is 5.86. The Morgan fingerprint density at radius 3 is 2.39 bits per heavy atom. The van der Waals surface area contributed by atoms with Crippen molar-refractivity contribution in [3.05, 3.63) is 33.8 Å². The summed E-state index contributed by atoms with van der Waals surface area (Å²) in [5.74, 6) is -0.344. The molecule has 0 unspecified atom stereocenters. The highest BCUT2D eigenvalue weighted by Crippen LogP contribution is 2.53. The van der Waals surface area contributed by atoms with Crippen molar-refractivity contribution in [2.75, 3.05) is 0 Å². The Morgan fingerprint density at radius 1 is 1.39 bits per heavy atom. The summed E-state index contributed by atoms with van der Waals surface area (Å²) in [7, 11) is 0. The highest BCUT2D eigenvalue weighted by molar-refractivity contribution is 6.36. The highest BCUT2D eigenvalue weighted by atomic mass is 35.5.